The fraction of sp³-hybridized carbons (Fsp3) is 0.0455. The molecule has 0 aromatic heterocycles. The Balaban J connectivity index is 2.15. The summed E-state index contributed by atoms with van der Waals surface area (Å²) in [6.45, 7) is 0. The molecule has 1 atom stereocenters. The van der Waals surface area contributed by atoms with E-state index in [2.05, 4.69) is 12.1 Å². The van der Waals surface area contributed by atoms with E-state index in [-0.39, 0.29) is 0 Å². The molecule has 0 aliphatic carbocycles. The van der Waals surface area contributed by atoms with Gasteiger partial charge in [-0.25, -0.2) is 0 Å². The Morgan fingerprint density at radius 1 is 0.846 bits per heavy atom. The first kappa shape index (κ1) is 17.0. The van der Waals surface area contributed by atoms with Gasteiger partial charge in [-0.2, -0.15) is 10.5 Å². The third kappa shape index (κ3) is 3.31. The van der Waals surface area contributed by atoms with E-state index >= 15 is 0 Å². The lowest BCUT2D eigenvalue weighted by Crippen LogP contribution is -2.23. The molecule has 0 fully saturated rings. The van der Waals surface area contributed by atoms with E-state index in [1.54, 1.807) is 36.4 Å². The lowest BCUT2D eigenvalue weighted by atomic mass is 9.85. The van der Waals surface area contributed by atoms with E-state index in [1.807, 2.05) is 36.4 Å². The summed E-state index contributed by atoms with van der Waals surface area (Å²) < 4.78 is 0. The van der Waals surface area contributed by atoms with Crippen LogP contribution >= 0.6 is 0 Å². The summed E-state index contributed by atoms with van der Waals surface area (Å²) in [5.74, 6) is -1.12. The second-order valence-corrected chi connectivity index (χ2v) is 5.85. The fourth-order valence-corrected chi connectivity index (χ4v) is 3.02. The van der Waals surface area contributed by atoms with Crippen LogP contribution < -0.4 is 5.73 Å². The van der Waals surface area contributed by atoms with Crippen LogP contribution in [0.4, 0.5) is 0 Å². The van der Waals surface area contributed by atoms with Crippen molar-refractivity contribution in [3.63, 3.8) is 0 Å². The zero-order valence-electron chi connectivity index (χ0n) is 13.9. The molecule has 0 saturated carbocycles. The molecule has 0 aliphatic heterocycles. The highest BCUT2D eigenvalue weighted by Crippen LogP contribution is 2.33. The molecule has 3 rings (SSSR count). The SMILES string of the molecule is N#Cc1ccc(C(C(N)=O)c2ccccc2-c2cccc(C#N)c2)cc1. The van der Waals surface area contributed by atoms with Crippen LogP contribution in [0.15, 0.2) is 72.8 Å². The second kappa shape index (κ2) is 7.34. The van der Waals surface area contributed by atoms with Gasteiger partial charge in [-0.15, -0.1) is 0 Å². The van der Waals surface area contributed by atoms with Gasteiger partial charge in [0.15, 0.2) is 0 Å². The summed E-state index contributed by atoms with van der Waals surface area (Å²) in [6, 6.07) is 25.8. The molecule has 4 nitrogen and oxygen atoms in total. The number of primary amides is 1. The lowest BCUT2D eigenvalue weighted by molar-refractivity contribution is -0.118. The molecule has 26 heavy (non-hydrogen) atoms. The number of hydrogen-bond acceptors (Lipinski definition) is 3. The Morgan fingerprint density at radius 3 is 2.19 bits per heavy atom. The number of rotatable bonds is 4. The van der Waals surface area contributed by atoms with Crippen LogP contribution in [0.25, 0.3) is 11.1 Å². The zero-order valence-corrected chi connectivity index (χ0v) is 13.9. The Morgan fingerprint density at radius 2 is 1.54 bits per heavy atom. The minimum absolute atomic E-state index is 0.474. The molecule has 3 aromatic carbocycles. The molecule has 4 heteroatoms. The molecule has 0 aliphatic rings. The first-order valence-electron chi connectivity index (χ1n) is 8.03. The molecule has 1 unspecified atom stereocenters. The third-order valence-corrected chi connectivity index (χ3v) is 4.23. The van der Waals surface area contributed by atoms with Gasteiger partial charge in [0.05, 0.1) is 29.2 Å². The van der Waals surface area contributed by atoms with E-state index in [0.717, 1.165) is 22.3 Å². The molecule has 0 spiro atoms. The highest BCUT2D eigenvalue weighted by molar-refractivity contribution is 5.88. The molecule has 124 valence electrons. The molecule has 0 heterocycles. The molecular formula is C22H15N3O. The van der Waals surface area contributed by atoms with Crippen LogP contribution in [0, 0.1) is 22.7 Å². The van der Waals surface area contributed by atoms with Crippen molar-refractivity contribution in [1.29, 1.82) is 10.5 Å². The Hall–Kier alpha value is -3.89. The van der Waals surface area contributed by atoms with Gasteiger partial charge in [-0.3, -0.25) is 4.79 Å². The van der Waals surface area contributed by atoms with E-state index < -0.39 is 11.8 Å². The van der Waals surface area contributed by atoms with E-state index in [0.29, 0.717) is 11.1 Å². The Labute approximate surface area is 151 Å². The van der Waals surface area contributed by atoms with Crippen LogP contribution in [-0.4, -0.2) is 5.91 Å². The van der Waals surface area contributed by atoms with Crippen LogP contribution in [0.2, 0.25) is 0 Å². The number of nitrogens with two attached hydrogens (primary N) is 1. The fourth-order valence-electron chi connectivity index (χ4n) is 3.02. The number of carbonyl (C=O) groups is 1. The van der Waals surface area contributed by atoms with Crippen molar-refractivity contribution >= 4 is 5.91 Å². The van der Waals surface area contributed by atoms with Gasteiger partial charge in [-0.05, 0) is 46.5 Å². The lowest BCUT2D eigenvalue weighted by Gasteiger charge is -2.18. The largest absolute Gasteiger partial charge is 0.369 e. The Kier molecular flexibility index (Phi) is 4.78. The third-order valence-electron chi connectivity index (χ3n) is 4.23. The highest BCUT2D eigenvalue weighted by atomic mass is 16.1. The Bertz CT molecular complexity index is 1040. The molecule has 0 saturated heterocycles. The van der Waals surface area contributed by atoms with Crippen LogP contribution in [-0.2, 0) is 4.79 Å². The van der Waals surface area contributed by atoms with Crippen molar-refractivity contribution in [3.8, 4) is 23.3 Å². The molecule has 0 radical (unpaired) electrons. The smallest absolute Gasteiger partial charge is 0.229 e. The highest BCUT2D eigenvalue weighted by Gasteiger charge is 2.23. The first-order valence-corrected chi connectivity index (χ1v) is 8.03. The molecular weight excluding hydrogens is 322 g/mol. The summed E-state index contributed by atoms with van der Waals surface area (Å²) in [4.78, 5) is 12.3. The van der Waals surface area contributed by atoms with Gasteiger partial charge in [0.25, 0.3) is 0 Å². The molecule has 3 aromatic rings. The summed E-state index contributed by atoms with van der Waals surface area (Å²) in [5.41, 5.74) is 9.96. The summed E-state index contributed by atoms with van der Waals surface area (Å²) in [6.07, 6.45) is 0. The van der Waals surface area contributed by atoms with Crippen molar-refractivity contribution in [2.45, 2.75) is 5.92 Å². The van der Waals surface area contributed by atoms with E-state index in [4.69, 9.17) is 16.3 Å². The quantitative estimate of drug-likeness (QED) is 0.786. The van der Waals surface area contributed by atoms with E-state index in [1.165, 1.54) is 0 Å². The predicted molar refractivity (Wildman–Crippen MR) is 98.8 cm³/mol. The summed E-state index contributed by atoms with van der Waals surface area (Å²) in [7, 11) is 0. The number of nitrogens with zero attached hydrogens (tertiary/aromatic N) is 2. The van der Waals surface area contributed by atoms with Gasteiger partial charge in [0.2, 0.25) is 5.91 Å². The summed E-state index contributed by atoms with van der Waals surface area (Å²) in [5, 5.41) is 18.1. The van der Waals surface area contributed by atoms with Crippen molar-refractivity contribution in [3.05, 3.63) is 95.1 Å². The maximum absolute atomic E-state index is 12.3. The maximum Gasteiger partial charge on any atom is 0.229 e. The van der Waals surface area contributed by atoms with Gasteiger partial charge < -0.3 is 5.73 Å². The van der Waals surface area contributed by atoms with Crippen molar-refractivity contribution in [1.82, 2.24) is 0 Å². The van der Waals surface area contributed by atoms with Gasteiger partial charge in [0.1, 0.15) is 0 Å². The van der Waals surface area contributed by atoms with Gasteiger partial charge in [0, 0.05) is 0 Å². The number of amides is 1. The van der Waals surface area contributed by atoms with Crippen molar-refractivity contribution < 1.29 is 4.79 Å². The second-order valence-electron chi connectivity index (χ2n) is 5.85. The van der Waals surface area contributed by atoms with Crippen LogP contribution in [0.1, 0.15) is 28.2 Å². The normalized spacial score (nSPS) is 11.2. The van der Waals surface area contributed by atoms with Crippen molar-refractivity contribution in [2.24, 2.45) is 5.73 Å². The van der Waals surface area contributed by atoms with E-state index in [9.17, 15) is 4.79 Å². The van der Waals surface area contributed by atoms with Gasteiger partial charge in [-0.1, -0.05) is 48.5 Å². The number of nitriles is 2. The topological polar surface area (TPSA) is 90.7 Å². The average Bonchev–Trinajstić information content (AvgIpc) is 2.69. The summed E-state index contributed by atoms with van der Waals surface area (Å²) >= 11 is 0. The predicted octanol–water partition coefficient (Wildman–Crippen LogP) is 3.71. The standard InChI is InChI=1S/C22H15N3O/c23-13-15-8-10-17(11-9-15)21(22(25)26)20-7-2-1-6-19(20)18-5-3-4-16(12-18)14-24/h1-12,21H,(H2,25,26). The van der Waals surface area contributed by atoms with Crippen LogP contribution in [0.3, 0.4) is 0 Å². The average molecular weight is 337 g/mol. The number of benzene rings is 3. The monoisotopic (exact) mass is 337 g/mol. The van der Waals surface area contributed by atoms with Crippen molar-refractivity contribution in [2.75, 3.05) is 0 Å². The molecule has 1 amide bonds. The molecule has 2 N–H and O–H groups in total. The number of hydrogen-bond donors (Lipinski definition) is 1. The number of carbonyl (C=O) groups excluding carboxylic acids is 1. The minimum Gasteiger partial charge on any atom is -0.369 e. The molecule has 0 bridgehead atoms. The minimum atomic E-state index is -0.648. The zero-order chi connectivity index (χ0) is 18.5. The first-order chi connectivity index (χ1) is 12.6. The van der Waals surface area contributed by atoms with Gasteiger partial charge >= 0.3 is 0 Å². The van der Waals surface area contributed by atoms with Crippen LogP contribution in [0.5, 0.6) is 0 Å². The maximum atomic E-state index is 12.3.